The van der Waals surface area contributed by atoms with Crippen molar-refractivity contribution < 1.29 is 4.42 Å². The van der Waals surface area contributed by atoms with E-state index >= 15 is 0 Å². The summed E-state index contributed by atoms with van der Waals surface area (Å²) >= 11 is 0. The maximum atomic E-state index is 5.38. The van der Waals surface area contributed by atoms with Crippen molar-refractivity contribution in [1.29, 1.82) is 0 Å². The SMILES string of the molecule is Cn1nnnc1CCN1CCC(c2ncco2)CC1. The van der Waals surface area contributed by atoms with E-state index in [-0.39, 0.29) is 0 Å². The Hall–Kier alpha value is -1.76. The van der Waals surface area contributed by atoms with Crippen molar-refractivity contribution >= 4 is 0 Å². The smallest absolute Gasteiger partial charge is 0.197 e. The molecule has 0 aromatic carbocycles. The molecule has 0 spiro atoms. The van der Waals surface area contributed by atoms with Gasteiger partial charge in [-0.1, -0.05) is 0 Å². The van der Waals surface area contributed by atoms with E-state index in [9.17, 15) is 0 Å². The molecule has 0 saturated carbocycles. The molecule has 7 heteroatoms. The molecule has 19 heavy (non-hydrogen) atoms. The Balaban J connectivity index is 1.47. The monoisotopic (exact) mass is 262 g/mol. The molecule has 0 aliphatic carbocycles. The van der Waals surface area contributed by atoms with Gasteiger partial charge in [-0.05, 0) is 36.4 Å². The predicted molar refractivity (Wildman–Crippen MR) is 67.4 cm³/mol. The summed E-state index contributed by atoms with van der Waals surface area (Å²) in [7, 11) is 1.88. The van der Waals surface area contributed by atoms with Crippen LogP contribution in [-0.2, 0) is 13.5 Å². The minimum atomic E-state index is 0.475. The molecule has 2 aromatic rings. The highest BCUT2D eigenvalue weighted by molar-refractivity contribution is 4.95. The maximum Gasteiger partial charge on any atom is 0.197 e. The molecule has 1 aliphatic rings. The zero-order valence-electron chi connectivity index (χ0n) is 11.1. The Morgan fingerprint density at radius 2 is 2.21 bits per heavy atom. The van der Waals surface area contributed by atoms with Gasteiger partial charge in [-0.3, -0.25) is 0 Å². The molecule has 0 unspecified atom stereocenters. The van der Waals surface area contributed by atoms with Crippen LogP contribution in [0.1, 0.15) is 30.5 Å². The van der Waals surface area contributed by atoms with Gasteiger partial charge in [-0.25, -0.2) is 9.67 Å². The summed E-state index contributed by atoms with van der Waals surface area (Å²) in [4.78, 5) is 6.70. The van der Waals surface area contributed by atoms with Crippen LogP contribution in [0.3, 0.4) is 0 Å². The topological polar surface area (TPSA) is 72.9 Å². The molecule has 0 bridgehead atoms. The first kappa shape index (κ1) is 12.3. The summed E-state index contributed by atoms with van der Waals surface area (Å²) in [5.41, 5.74) is 0. The Kier molecular flexibility index (Phi) is 3.54. The number of aryl methyl sites for hydroxylation is 1. The van der Waals surface area contributed by atoms with Gasteiger partial charge in [0.05, 0.1) is 6.20 Å². The van der Waals surface area contributed by atoms with Gasteiger partial charge >= 0.3 is 0 Å². The Labute approximate surface area is 111 Å². The molecule has 1 saturated heterocycles. The van der Waals surface area contributed by atoms with Crippen LogP contribution >= 0.6 is 0 Å². The lowest BCUT2D eigenvalue weighted by molar-refractivity contribution is 0.200. The number of hydrogen-bond donors (Lipinski definition) is 0. The predicted octanol–water partition coefficient (Wildman–Crippen LogP) is 0.620. The highest BCUT2D eigenvalue weighted by Gasteiger charge is 2.23. The van der Waals surface area contributed by atoms with Gasteiger partial charge in [0.15, 0.2) is 11.7 Å². The molecule has 3 heterocycles. The number of likely N-dealkylation sites (tertiary alicyclic amines) is 1. The number of tetrazole rings is 1. The Morgan fingerprint density at radius 3 is 2.84 bits per heavy atom. The van der Waals surface area contributed by atoms with Gasteiger partial charge in [-0.2, -0.15) is 0 Å². The summed E-state index contributed by atoms with van der Waals surface area (Å²) in [5.74, 6) is 2.30. The largest absolute Gasteiger partial charge is 0.449 e. The second kappa shape index (κ2) is 5.48. The zero-order chi connectivity index (χ0) is 13.1. The van der Waals surface area contributed by atoms with E-state index in [1.54, 1.807) is 17.1 Å². The van der Waals surface area contributed by atoms with Crippen LogP contribution in [-0.4, -0.2) is 49.7 Å². The first-order valence-corrected chi connectivity index (χ1v) is 6.66. The van der Waals surface area contributed by atoms with Crippen LogP contribution in [0.2, 0.25) is 0 Å². The minimum absolute atomic E-state index is 0.475. The van der Waals surface area contributed by atoms with Gasteiger partial charge < -0.3 is 9.32 Å². The van der Waals surface area contributed by atoms with Crippen LogP contribution in [0.4, 0.5) is 0 Å². The van der Waals surface area contributed by atoms with E-state index in [0.29, 0.717) is 5.92 Å². The normalized spacial score (nSPS) is 17.9. The van der Waals surface area contributed by atoms with Crippen LogP contribution in [0.15, 0.2) is 16.9 Å². The fourth-order valence-corrected chi connectivity index (χ4v) is 2.56. The summed E-state index contributed by atoms with van der Waals surface area (Å²) in [6.07, 6.45) is 6.49. The van der Waals surface area contributed by atoms with Crippen molar-refractivity contribution in [3.05, 3.63) is 24.2 Å². The first-order chi connectivity index (χ1) is 9.33. The molecule has 3 rings (SSSR count). The van der Waals surface area contributed by atoms with E-state index in [0.717, 1.165) is 50.6 Å². The molecule has 0 atom stereocenters. The van der Waals surface area contributed by atoms with Crippen LogP contribution in [0.25, 0.3) is 0 Å². The van der Waals surface area contributed by atoms with Gasteiger partial charge in [0, 0.05) is 25.9 Å². The van der Waals surface area contributed by atoms with Crippen LogP contribution in [0, 0.1) is 0 Å². The third-order valence-electron chi connectivity index (χ3n) is 3.75. The molecular weight excluding hydrogens is 244 g/mol. The van der Waals surface area contributed by atoms with Gasteiger partial charge in [0.25, 0.3) is 0 Å². The molecule has 0 amide bonds. The molecule has 7 nitrogen and oxygen atoms in total. The van der Waals surface area contributed by atoms with Crippen molar-refractivity contribution in [1.82, 2.24) is 30.1 Å². The lowest BCUT2D eigenvalue weighted by atomic mass is 9.97. The van der Waals surface area contributed by atoms with E-state index < -0.39 is 0 Å². The fourth-order valence-electron chi connectivity index (χ4n) is 2.56. The average Bonchev–Trinajstić information content (AvgIpc) is 3.09. The molecule has 102 valence electrons. The number of piperidine rings is 1. The van der Waals surface area contributed by atoms with Crippen LogP contribution < -0.4 is 0 Å². The fraction of sp³-hybridized carbons (Fsp3) is 0.667. The zero-order valence-corrected chi connectivity index (χ0v) is 11.1. The minimum Gasteiger partial charge on any atom is -0.449 e. The Bertz CT molecular complexity index is 500. The second-order valence-corrected chi connectivity index (χ2v) is 4.95. The maximum absolute atomic E-state index is 5.38. The molecule has 2 aromatic heterocycles. The van der Waals surface area contributed by atoms with E-state index in [1.807, 2.05) is 7.05 Å². The van der Waals surface area contributed by atoms with Crippen molar-refractivity contribution in [2.45, 2.75) is 25.2 Å². The second-order valence-electron chi connectivity index (χ2n) is 4.95. The third kappa shape index (κ3) is 2.81. The summed E-state index contributed by atoms with van der Waals surface area (Å²) in [5, 5.41) is 11.5. The van der Waals surface area contributed by atoms with Crippen molar-refractivity contribution in [3.8, 4) is 0 Å². The van der Waals surface area contributed by atoms with Crippen molar-refractivity contribution in [3.63, 3.8) is 0 Å². The van der Waals surface area contributed by atoms with Gasteiger partial charge in [0.1, 0.15) is 6.26 Å². The molecule has 1 fully saturated rings. The third-order valence-corrected chi connectivity index (χ3v) is 3.75. The number of aromatic nitrogens is 5. The molecular formula is C12H18N6O. The average molecular weight is 262 g/mol. The highest BCUT2D eigenvalue weighted by Crippen LogP contribution is 2.26. The van der Waals surface area contributed by atoms with Gasteiger partial charge in [0.2, 0.25) is 0 Å². The lowest BCUT2D eigenvalue weighted by Crippen LogP contribution is -2.34. The van der Waals surface area contributed by atoms with E-state index in [1.165, 1.54) is 0 Å². The van der Waals surface area contributed by atoms with E-state index in [4.69, 9.17) is 4.42 Å². The summed E-state index contributed by atoms with van der Waals surface area (Å²) in [6.45, 7) is 3.17. The summed E-state index contributed by atoms with van der Waals surface area (Å²) in [6, 6.07) is 0. The lowest BCUT2D eigenvalue weighted by Gasteiger charge is -2.30. The number of rotatable bonds is 4. The quantitative estimate of drug-likeness (QED) is 0.804. The number of hydrogen-bond acceptors (Lipinski definition) is 6. The van der Waals surface area contributed by atoms with Crippen molar-refractivity contribution in [2.24, 2.45) is 7.05 Å². The highest BCUT2D eigenvalue weighted by atomic mass is 16.3. The molecule has 1 aliphatic heterocycles. The number of oxazole rings is 1. The Morgan fingerprint density at radius 1 is 1.37 bits per heavy atom. The molecule has 0 radical (unpaired) electrons. The van der Waals surface area contributed by atoms with E-state index in [2.05, 4.69) is 25.4 Å². The summed E-state index contributed by atoms with van der Waals surface area (Å²) < 4.78 is 7.12. The molecule has 0 N–H and O–H groups in total. The standard InChI is InChI=1S/C12H18N6O/c1-17-11(14-15-16-17)4-8-18-6-2-10(3-7-18)12-13-5-9-19-12/h5,9-10H,2-4,6-8H2,1H3. The van der Waals surface area contributed by atoms with Gasteiger partial charge in [-0.15, -0.1) is 5.10 Å². The number of nitrogens with zero attached hydrogens (tertiary/aromatic N) is 6. The first-order valence-electron chi connectivity index (χ1n) is 6.66. The van der Waals surface area contributed by atoms with Crippen LogP contribution in [0.5, 0.6) is 0 Å². The van der Waals surface area contributed by atoms with Crippen molar-refractivity contribution in [2.75, 3.05) is 19.6 Å².